The maximum absolute atomic E-state index is 12.6. The zero-order chi connectivity index (χ0) is 19.3. The Morgan fingerprint density at radius 2 is 1.82 bits per heavy atom. The normalized spacial score (nSPS) is 16.5. The highest BCUT2D eigenvalue weighted by Gasteiger charge is 2.25. The van der Waals surface area contributed by atoms with E-state index < -0.39 is 0 Å². The first kappa shape index (κ1) is 18.0. The Hall–Kier alpha value is -2.01. The van der Waals surface area contributed by atoms with E-state index >= 15 is 0 Å². The molecule has 0 bridgehead atoms. The van der Waals surface area contributed by atoms with Gasteiger partial charge in [-0.25, -0.2) is 4.79 Å². The molecule has 5 rings (SSSR count). The van der Waals surface area contributed by atoms with Crippen molar-refractivity contribution in [2.75, 3.05) is 6.73 Å². The Bertz CT molecular complexity index is 1140. The van der Waals surface area contributed by atoms with E-state index in [1.54, 1.807) is 6.07 Å². The summed E-state index contributed by atoms with van der Waals surface area (Å²) >= 11 is 12.3. The first-order valence-corrected chi connectivity index (χ1v) is 10.3. The van der Waals surface area contributed by atoms with Crippen molar-refractivity contribution in [2.45, 2.75) is 38.8 Å². The Labute approximate surface area is 172 Å². The standard InChI is InChI=1S/C22H19Cl2NO3/c23-14-6-5-13(19(24)9-14)10-25-11-18-20(27-12-25)8-7-16-15-3-1-2-4-17(15)22(26)28-21(16)18/h5-9H,1-4,10-12H2. The molecule has 1 aliphatic heterocycles. The van der Waals surface area contributed by atoms with Crippen LogP contribution in [0.25, 0.3) is 11.0 Å². The Balaban J connectivity index is 1.54. The second kappa shape index (κ2) is 7.11. The summed E-state index contributed by atoms with van der Waals surface area (Å²) in [5, 5.41) is 2.30. The summed E-state index contributed by atoms with van der Waals surface area (Å²) in [5.74, 6) is 0.782. The molecule has 6 heteroatoms. The van der Waals surface area contributed by atoms with Crippen LogP contribution in [0.5, 0.6) is 5.75 Å². The summed E-state index contributed by atoms with van der Waals surface area (Å²) in [5.41, 5.74) is 4.37. The van der Waals surface area contributed by atoms with Gasteiger partial charge in [-0.2, -0.15) is 0 Å². The summed E-state index contributed by atoms with van der Waals surface area (Å²) in [6.45, 7) is 1.71. The maximum Gasteiger partial charge on any atom is 0.339 e. The quantitative estimate of drug-likeness (QED) is 0.530. The third-order valence-corrected chi connectivity index (χ3v) is 6.23. The van der Waals surface area contributed by atoms with E-state index in [4.69, 9.17) is 32.4 Å². The smallest absolute Gasteiger partial charge is 0.339 e. The van der Waals surface area contributed by atoms with Crippen LogP contribution < -0.4 is 10.4 Å². The third-order valence-electron chi connectivity index (χ3n) is 5.65. The Morgan fingerprint density at radius 1 is 1.00 bits per heavy atom. The van der Waals surface area contributed by atoms with E-state index in [1.165, 1.54) is 0 Å². The van der Waals surface area contributed by atoms with Crippen LogP contribution >= 0.6 is 23.2 Å². The highest BCUT2D eigenvalue weighted by atomic mass is 35.5. The predicted octanol–water partition coefficient (Wildman–Crippen LogP) is 5.33. The average molecular weight is 416 g/mol. The van der Waals surface area contributed by atoms with Gasteiger partial charge in [-0.1, -0.05) is 29.3 Å². The van der Waals surface area contributed by atoms with Crippen LogP contribution in [0, 0.1) is 0 Å². The minimum atomic E-state index is -0.200. The molecule has 0 unspecified atom stereocenters. The van der Waals surface area contributed by atoms with E-state index in [-0.39, 0.29) is 5.63 Å². The molecule has 0 saturated carbocycles. The summed E-state index contributed by atoms with van der Waals surface area (Å²) in [6, 6.07) is 9.55. The number of aryl methyl sites for hydroxylation is 1. The topological polar surface area (TPSA) is 42.7 Å². The Kier molecular flexibility index (Phi) is 4.58. The lowest BCUT2D eigenvalue weighted by Gasteiger charge is -2.30. The van der Waals surface area contributed by atoms with Gasteiger partial charge >= 0.3 is 5.63 Å². The van der Waals surface area contributed by atoms with Crippen molar-refractivity contribution in [1.82, 2.24) is 4.90 Å². The summed E-state index contributed by atoms with van der Waals surface area (Å²) in [4.78, 5) is 14.7. The third kappa shape index (κ3) is 3.10. The lowest BCUT2D eigenvalue weighted by Crippen LogP contribution is -2.32. The van der Waals surface area contributed by atoms with Gasteiger partial charge < -0.3 is 9.15 Å². The maximum atomic E-state index is 12.6. The van der Waals surface area contributed by atoms with Gasteiger partial charge in [0.2, 0.25) is 0 Å². The zero-order valence-corrected chi connectivity index (χ0v) is 16.8. The number of nitrogens with zero attached hydrogens (tertiary/aromatic N) is 1. The number of hydrogen-bond donors (Lipinski definition) is 0. The lowest BCUT2D eigenvalue weighted by molar-refractivity contribution is 0.0890. The van der Waals surface area contributed by atoms with Crippen molar-refractivity contribution in [2.24, 2.45) is 0 Å². The molecule has 0 atom stereocenters. The molecule has 0 N–H and O–H groups in total. The molecule has 0 fully saturated rings. The first-order valence-electron chi connectivity index (χ1n) is 9.49. The molecule has 4 nitrogen and oxygen atoms in total. The largest absolute Gasteiger partial charge is 0.478 e. The monoisotopic (exact) mass is 415 g/mol. The van der Waals surface area contributed by atoms with Crippen molar-refractivity contribution in [1.29, 1.82) is 0 Å². The van der Waals surface area contributed by atoms with E-state index in [1.807, 2.05) is 24.3 Å². The fourth-order valence-corrected chi connectivity index (χ4v) is 4.72. The fourth-order valence-electron chi connectivity index (χ4n) is 4.25. The molecule has 2 aromatic carbocycles. The second-order valence-electron chi connectivity index (χ2n) is 7.47. The van der Waals surface area contributed by atoms with Crippen molar-refractivity contribution in [3.63, 3.8) is 0 Å². The summed E-state index contributed by atoms with van der Waals surface area (Å²) in [6.07, 6.45) is 3.90. The zero-order valence-electron chi connectivity index (χ0n) is 15.3. The highest BCUT2D eigenvalue weighted by Crippen LogP contribution is 2.36. The van der Waals surface area contributed by atoms with Crippen LogP contribution in [-0.4, -0.2) is 11.6 Å². The molecular formula is C22H19Cl2NO3. The van der Waals surface area contributed by atoms with Crippen molar-refractivity contribution < 1.29 is 9.15 Å². The van der Waals surface area contributed by atoms with E-state index in [0.717, 1.165) is 59.1 Å². The predicted molar refractivity (Wildman–Crippen MR) is 110 cm³/mol. The van der Waals surface area contributed by atoms with E-state index in [0.29, 0.717) is 35.4 Å². The number of halogens is 2. The van der Waals surface area contributed by atoms with Crippen molar-refractivity contribution in [3.8, 4) is 5.75 Å². The van der Waals surface area contributed by atoms with Gasteiger partial charge in [-0.05, 0) is 61.1 Å². The molecule has 0 amide bonds. The average Bonchev–Trinajstić information content (AvgIpc) is 2.70. The first-order chi connectivity index (χ1) is 13.6. The molecule has 1 aromatic heterocycles. The molecule has 0 radical (unpaired) electrons. The number of hydrogen-bond acceptors (Lipinski definition) is 4. The number of benzene rings is 2. The molecule has 28 heavy (non-hydrogen) atoms. The van der Waals surface area contributed by atoms with Crippen LogP contribution in [0.2, 0.25) is 10.0 Å². The lowest BCUT2D eigenvalue weighted by atomic mass is 9.90. The van der Waals surface area contributed by atoms with Crippen LogP contribution in [0.4, 0.5) is 0 Å². The van der Waals surface area contributed by atoms with Gasteiger partial charge in [-0.3, -0.25) is 4.90 Å². The van der Waals surface area contributed by atoms with Crippen molar-refractivity contribution >= 4 is 34.2 Å². The molecule has 0 saturated heterocycles. The molecule has 1 aliphatic carbocycles. The number of rotatable bonds is 2. The van der Waals surface area contributed by atoms with Crippen LogP contribution in [0.3, 0.4) is 0 Å². The van der Waals surface area contributed by atoms with Gasteiger partial charge in [-0.15, -0.1) is 0 Å². The highest BCUT2D eigenvalue weighted by molar-refractivity contribution is 6.35. The van der Waals surface area contributed by atoms with Crippen LogP contribution in [-0.2, 0) is 25.9 Å². The van der Waals surface area contributed by atoms with Gasteiger partial charge in [0.1, 0.15) is 18.1 Å². The number of fused-ring (bicyclic) bond motifs is 5. The summed E-state index contributed by atoms with van der Waals surface area (Å²) < 4.78 is 11.7. The minimum Gasteiger partial charge on any atom is -0.478 e. The van der Waals surface area contributed by atoms with E-state index in [9.17, 15) is 4.79 Å². The van der Waals surface area contributed by atoms with E-state index in [2.05, 4.69) is 4.90 Å². The van der Waals surface area contributed by atoms with Gasteiger partial charge in [0.05, 0.1) is 5.56 Å². The van der Waals surface area contributed by atoms with Gasteiger partial charge in [0.15, 0.2) is 0 Å². The fraction of sp³-hybridized carbons (Fsp3) is 0.318. The second-order valence-corrected chi connectivity index (χ2v) is 8.31. The molecule has 3 aromatic rings. The molecule has 2 aliphatic rings. The van der Waals surface area contributed by atoms with Crippen LogP contribution in [0.1, 0.15) is 35.1 Å². The van der Waals surface area contributed by atoms with Gasteiger partial charge in [0.25, 0.3) is 0 Å². The molecular weight excluding hydrogens is 397 g/mol. The van der Waals surface area contributed by atoms with Gasteiger partial charge in [0, 0.05) is 34.1 Å². The SMILES string of the molecule is O=c1oc2c3c(ccc2c2c1CCCC2)OCN(Cc1ccc(Cl)cc1Cl)C3. The van der Waals surface area contributed by atoms with Crippen LogP contribution in [0.15, 0.2) is 39.5 Å². The summed E-state index contributed by atoms with van der Waals surface area (Å²) in [7, 11) is 0. The van der Waals surface area contributed by atoms with Crippen molar-refractivity contribution in [3.05, 3.63) is 73.1 Å². The Morgan fingerprint density at radius 3 is 2.64 bits per heavy atom. The molecule has 0 spiro atoms. The molecule has 2 heterocycles. The minimum absolute atomic E-state index is 0.200. The number of ether oxygens (including phenoxy) is 1. The molecule has 144 valence electrons.